The minimum absolute atomic E-state index is 0.0310. The Labute approximate surface area is 118 Å². The molecule has 1 aromatic rings. The maximum Gasteiger partial charge on any atom is 0.446 e. The Hall–Kier alpha value is -1.09. The fourth-order valence-corrected chi connectivity index (χ4v) is 2.09. The molecule has 0 radical (unpaired) electrons. The zero-order valence-corrected chi connectivity index (χ0v) is 11.6. The van der Waals surface area contributed by atoms with Crippen molar-refractivity contribution >= 4 is 39.2 Å². The van der Waals surface area contributed by atoms with Gasteiger partial charge in [0.15, 0.2) is 0 Å². The van der Waals surface area contributed by atoms with Crippen LogP contribution in [0, 0.1) is 10.1 Å². The van der Waals surface area contributed by atoms with Crippen LogP contribution in [0.25, 0.3) is 0 Å². The maximum absolute atomic E-state index is 12.2. The van der Waals surface area contributed by atoms with E-state index in [0.717, 1.165) is 12.1 Å². The first-order valence-electron chi connectivity index (χ1n) is 4.83. The molecule has 4 nitrogen and oxygen atoms in total. The summed E-state index contributed by atoms with van der Waals surface area (Å²) in [6, 6.07) is 3.11. The Balaban J connectivity index is 3.08. The van der Waals surface area contributed by atoms with E-state index in [1.54, 1.807) is 0 Å². The van der Waals surface area contributed by atoms with Gasteiger partial charge in [-0.25, -0.2) is 0 Å². The summed E-state index contributed by atoms with van der Waals surface area (Å²) in [6.45, 7) is 0. The summed E-state index contributed by atoms with van der Waals surface area (Å²) in [5, 5.41) is 10.8. The Bertz CT molecular complexity index is 507. The molecule has 1 aromatic carbocycles. The number of thioether (sulfide) groups is 1. The van der Waals surface area contributed by atoms with Crippen molar-refractivity contribution in [3.63, 3.8) is 0 Å². The SMILES string of the molecule is O=C(CBr)Cc1ccc(SC(F)(F)F)cc1[N+](=O)[O-]. The normalized spacial score (nSPS) is 11.4. The third kappa shape index (κ3) is 5.19. The van der Waals surface area contributed by atoms with Crippen LogP contribution in [0.5, 0.6) is 0 Å². The molecule has 104 valence electrons. The number of hydrogen-bond donors (Lipinski definition) is 0. The molecule has 0 fully saturated rings. The second-order valence-electron chi connectivity index (χ2n) is 3.44. The smallest absolute Gasteiger partial charge is 0.298 e. The van der Waals surface area contributed by atoms with E-state index in [2.05, 4.69) is 15.9 Å². The lowest BCUT2D eigenvalue weighted by Crippen LogP contribution is -2.06. The average molecular weight is 358 g/mol. The van der Waals surface area contributed by atoms with Crippen LogP contribution in [0.2, 0.25) is 0 Å². The Morgan fingerprint density at radius 1 is 1.42 bits per heavy atom. The Kier molecular flexibility index (Phi) is 5.36. The van der Waals surface area contributed by atoms with E-state index in [1.165, 1.54) is 6.07 Å². The number of ketones is 1. The fraction of sp³-hybridized carbons (Fsp3) is 0.300. The Morgan fingerprint density at radius 3 is 2.53 bits per heavy atom. The zero-order chi connectivity index (χ0) is 14.6. The molecule has 0 saturated heterocycles. The molecule has 0 unspecified atom stereocenters. The maximum atomic E-state index is 12.2. The van der Waals surface area contributed by atoms with Gasteiger partial charge in [-0.3, -0.25) is 14.9 Å². The molecule has 0 saturated carbocycles. The lowest BCUT2D eigenvalue weighted by molar-refractivity contribution is -0.385. The van der Waals surface area contributed by atoms with Gasteiger partial charge < -0.3 is 0 Å². The monoisotopic (exact) mass is 357 g/mol. The second-order valence-corrected chi connectivity index (χ2v) is 5.14. The number of halogens is 4. The van der Waals surface area contributed by atoms with Gasteiger partial charge in [0.05, 0.1) is 10.3 Å². The topological polar surface area (TPSA) is 60.2 Å². The standard InChI is InChI=1S/C10H7BrF3NO3S/c11-5-7(16)3-6-1-2-8(19-10(12,13)14)4-9(6)15(17)18/h1-2,4H,3,5H2. The molecule has 0 amide bonds. The third-order valence-electron chi connectivity index (χ3n) is 2.02. The first kappa shape index (κ1) is 16.0. The number of hydrogen-bond acceptors (Lipinski definition) is 4. The Morgan fingerprint density at radius 2 is 2.05 bits per heavy atom. The molecule has 0 atom stereocenters. The first-order valence-corrected chi connectivity index (χ1v) is 6.77. The van der Waals surface area contributed by atoms with E-state index in [9.17, 15) is 28.1 Å². The van der Waals surface area contributed by atoms with Crippen molar-refractivity contribution in [3.05, 3.63) is 33.9 Å². The predicted octanol–water partition coefficient (Wildman–Crippen LogP) is 3.71. The number of alkyl halides is 4. The van der Waals surface area contributed by atoms with Gasteiger partial charge in [-0.2, -0.15) is 13.2 Å². The molecular formula is C10H7BrF3NO3S. The molecule has 0 aliphatic carbocycles. The molecule has 9 heteroatoms. The molecule has 0 bridgehead atoms. The number of nitro benzene ring substituents is 1. The third-order valence-corrected chi connectivity index (χ3v) is 3.37. The van der Waals surface area contributed by atoms with Crippen LogP contribution in [0.4, 0.5) is 18.9 Å². The minimum Gasteiger partial charge on any atom is -0.298 e. The summed E-state index contributed by atoms with van der Waals surface area (Å²) in [7, 11) is 0. The molecule has 0 spiro atoms. The molecule has 0 aliphatic rings. The highest BCUT2D eigenvalue weighted by Crippen LogP contribution is 2.38. The summed E-state index contributed by atoms with van der Waals surface area (Å²) in [5.41, 5.74) is -4.90. The molecule has 0 heterocycles. The summed E-state index contributed by atoms with van der Waals surface area (Å²) < 4.78 is 36.5. The molecule has 0 N–H and O–H groups in total. The van der Waals surface area contributed by atoms with Crippen LogP contribution in [0.15, 0.2) is 23.1 Å². The van der Waals surface area contributed by atoms with Gasteiger partial charge in [0.25, 0.3) is 5.69 Å². The fourth-order valence-electron chi connectivity index (χ4n) is 1.32. The molecule has 0 aromatic heterocycles. The molecular weight excluding hydrogens is 351 g/mol. The predicted molar refractivity (Wildman–Crippen MR) is 67.5 cm³/mol. The highest BCUT2D eigenvalue weighted by atomic mass is 79.9. The van der Waals surface area contributed by atoms with Gasteiger partial charge in [-0.15, -0.1) is 0 Å². The van der Waals surface area contributed by atoms with Crippen molar-refractivity contribution in [2.75, 3.05) is 5.33 Å². The highest BCUT2D eigenvalue weighted by molar-refractivity contribution is 9.09. The van der Waals surface area contributed by atoms with Crippen molar-refractivity contribution in [2.45, 2.75) is 16.8 Å². The van der Waals surface area contributed by atoms with Gasteiger partial charge >= 0.3 is 5.51 Å². The van der Waals surface area contributed by atoms with E-state index in [1.807, 2.05) is 0 Å². The lowest BCUT2D eigenvalue weighted by Gasteiger charge is -2.07. The number of benzene rings is 1. The van der Waals surface area contributed by atoms with Gasteiger partial charge in [-0.05, 0) is 17.8 Å². The summed E-state index contributed by atoms with van der Waals surface area (Å²) in [6.07, 6.45) is -0.196. The lowest BCUT2D eigenvalue weighted by atomic mass is 10.1. The van der Waals surface area contributed by atoms with Crippen LogP contribution in [0.1, 0.15) is 5.56 Å². The van der Waals surface area contributed by atoms with Gasteiger partial charge in [0.2, 0.25) is 0 Å². The van der Waals surface area contributed by atoms with E-state index >= 15 is 0 Å². The number of rotatable bonds is 5. The van der Waals surface area contributed by atoms with Crippen LogP contribution in [-0.4, -0.2) is 21.5 Å². The van der Waals surface area contributed by atoms with E-state index in [-0.39, 0.29) is 28.0 Å². The van der Waals surface area contributed by atoms with E-state index < -0.39 is 27.9 Å². The number of nitrogens with zero attached hydrogens (tertiary/aromatic N) is 1. The number of nitro groups is 1. The van der Waals surface area contributed by atoms with Crippen molar-refractivity contribution in [1.29, 1.82) is 0 Å². The van der Waals surface area contributed by atoms with Crippen LogP contribution in [-0.2, 0) is 11.2 Å². The van der Waals surface area contributed by atoms with E-state index in [0.29, 0.717) is 0 Å². The summed E-state index contributed by atoms with van der Waals surface area (Å²) in [4.78, 5) is 20.9. The first-order chi connectivity index (χ1) is 8.73. The van der Waals surface area contributed by atoms with Crippen LogP contribution < -0.4 is 0 Å². The van der Waals surface area contributed by atoms with Crippen molar-refractivity contribution in [1.82, 2.24) is 0 Å². The number of Topliss-reactive ketones (excluding diaryl/α,β-unsaturated/α-hetero) is 1. The second kappa shape index (κ2) is 6.38. The number of carbonyl (C=O) groups excluding carboxylic acids is 1. The quantitative estimate of drug-likeness (QED) is 0.348. The zero-order valence-electron chi connectivity index (χ0n) is 9.24. The average Bonchev–Trinajstić information content (AvgIpc) is 2.28. The van der Waals surface area contributed by atoms with Crippen LogP contribution >= 0.6 is 27.7 Å². The van der Waals surface area contributed by atoms with Gasteiger partial charge in [0, 0.05) is 22.9 Å². The van der Waals surface area contributed by atoms with Crippen molar-refractivity contribution in [3.8, 4) is 0 Å². The molecule has 19 heavy (non-hydrogen) atoms. The van der Waals surface area contributed by atoms with Crippen molar-refractivity contribution < 1.29 is 22.9 Å². The summed E-state index contributed by atoms with van der Waals surface area (Å²) >= 11 is 2.48. The number of carbonyl (C=O) groups is 1. The van der Waals surface area contributed by atoms with Crippen LogP contribution in [0.3, 0.4) is 0 Å². The minimum atomic E-state index is -4.51. The largest absolute Gasteiger partial charge is 0.446 e. The molecule has 0 aliphatic heterocycles. The molecule has 1 rings (SSSR count). The van der Waals surface area contributed by atoms with Gasteiger partial charge in [-0.1, -0.05) is 22.0 Å². The summed E-state index contributed by atoms with van der Waals surface area (Å²) in [5.74, 6) is -0.292. The highest BCUT2D eigenvalue weighted by Gasteiger charge is 2.30. The van der Waals surface area contributed by atoms with E-state index in [4.69, 9.17) is 0 Å². The van der Waals surface area contributed by atoms with Crippen molar-refractivity contribution in [2.24, 2.45) is 0 Å². The van der Waals surface area contributed by atoms with Gasteiger partial charge in [0.1, 0.15) is 5.78 Å².